The number of hydrogen-bond acceptors (Lipinski definition) is 8. The SMILES string of the molecule is COc1ccc([C@H]2C3=CC[C@@H]4C(=O)N(c5ccc([N+](=O)[O-])cc5)C(=O)[C@@H]4[C@@H]3C[C@H]3C(=O)N(c4cccc(Cl)c4)C(=O)[C@@]23c2ccccc2)cc1O. The molecule has 0 radical (unpaired) electrons. The first kappa shape index (κ1) is 32.4. The normalized spacial score (nSPS) is 26.8. The molecule has 2 saturated heterocycles. The predicted molar refractivity (Wildman–Crippen MR) is 186 cm³/mol. The Balaban J connectivity index is 1.33. The second kappa shape index (κ2) is 11.9. The lowest BCUT2D eigenvalue weighted by atomic mass is 9.49. The number of halogens is 1. The number of nitro groups is 1. The fourth-order valence-corrected chi connectivity index (χ4v) is 9.17. The maximum absolute atomic E-state index is 15.3. The third-order valence-corrected chi connectivity index (χ3v) is 11.3. The minimum atomic E-state index is -1.50. The molecule has 3 fully saturated rings. The van der Waals surface area contributed by atoms with Crippen molar-refractivity contribution in [2.75, 3.05) is 16.9 Å². The van der Waals surface area contributed by atoms with Gasteiger partial charge in [-0.25, -0.2) is 4.90 Å². The molecule has 256 valence electrons. The van der Waals surface area contributed by atoms with Gasteiger partial charge >= 0.3 is 0 Å². The summed E-state index contributed by atoms with van der Waals surface area (Å²) in [5, 5.41) is 22.7. The van der Waals surface area contributed by atoms with Crippen LogP contribution < -0.4 is 14.5 Å². The molecule has 1 N–H and O–H groups in total. The number of benzene rings is 4. The topological polar surface area (TPSA) is 147 Å². The van der Waals surface area contributed by atoms with Gasteiger partial charge in [0.2, 0.25) is 23.6 Å². The fourth-order valence-electron chi connectivity index (χ4n) is 8.98. The number of non-ortho nitro benzene ring substituents is 1. The van der Waals surface area contributed by atoms with Crippen molar-refractivity contribution in [1.29, 1.82) is 0 Å². The Labute approximate surface area is 296 Å². The van der Waals surface area contributed by atoms with Gasteiger partial charge in [0.1, 0.15) is 0 Å². The molecule has 0 aromatic heterocycles. The van der Waals surface area contributed by atoms with E-state index < -0.39 is 63.6 Å². The highest BCUT2D eigenvalue weighted by Gasteiger charge is 2.70. The number of anilines is 2. The zero-order chi connectivity index (χ0) is 35.8. The zero-order valence-electron chi connectivity index (χ0n) is 27.1. The molecule has 12 heteroatoms. The number of rotatable bonds is 6. The molecule has 2 aliphatic carbocycles. The number of carbonyl (C=O) groups excluding carboxylic acids is 4. The first-order valence-electron chi connectivity index (χ1n) is 16.5. The molecule has 4 aliphatic rings. The summed E-state index contributed by atoms with van der Waals surface area (Å²) in [6.07, 6.45) is 2.21. The van der Waals surface area contributed by atoms with E-state index in [4.69, 9.17) is 16.3 Å². The van der Waals surface area contributed by atoms with E-state index in [9.17, 15) is 29.6 Å². The quantitative estimate of drug-likeness (QED) is 0.106. The highest BCUT2D eigenvalue weighted by molar-refractivity contribution is 6.32. The van der Waals surface area contributed by atoms with Gasteiger partial charge in [-0.15, -0.1) is 0 Å². The molecular formula is C39H30ClN3O8. The first-order valence-corrected chi connectivity index (χ1v) is 16.8. The smallest absolute Gasteiger partial charge is 0.269 e. The van der Waals surface area contributed by atoms with Crippen LogP contribution in [0.4, 0.5) is 17.1 Å². The standard InChI is InChI=1S/C39H30ClN3O8/c1-51-32-17-10-21(18-31(32)44)34-27-15-16-28-33(37(47)41(35(28)45)24-11-13-25(14-12-24)43(49)50)29(27)20-30-36(46)42(26-9-5-8-23(40)19-26)38(48)39(30,34)22-6-3-2-4-7-22/h2-15,17-19,28-30,33-34,44H,16,20H2,1H3/t28-,29+,30-,33-,34-,39+/m0/s1. The Morgan fingerprint density at radius 1 is 0.843 bits per heavy atom. The number of amides is 4. The molecule has 11 nitrogen and oxygen atoms in total. The molecule has 0 unspecified atom stereocenters. The fraction of sp³-hybridized carbons (Fsp3) is 0.231. The first-order chi connectivity index (χ1) is 24.6. The van der Waals surface area contributed by atoms with Crippen LogP contribution in [0, 0.1) is 33.8 Å². The molecule has 2 heterocycles. The number of methoxy groups -OCH3 is 1. The lowest BCUT2D eigenvalue weighted by Crippen LogP contribution is -2.53. The number of imide groups is 2. The van der Waals surface area contributed by atoms with Crippen LogP contribution in [0.5, 0.6) is 11.5 Å². The number of phenols is 1. The van der Waals surface area contributed by atoms with Gasteiger partial charge in [-0.2, -0.15) is 0 Å². The largest absolute Gasteiger partial charge is 0.504 e. The van der Waals surface area contributed by atoms with Gasteiger partial charge in [-0.05, 0) is 72.4 Å². The van der Waals surface area contributed by atoms with E-state index in [1.165, 1.54) is 42.3 Å². The van der Waals surface area contributed by atoms with E-state index in [0.717, 1.165) is 10.5 Å². The number of carbonyl (C=O) groups is 4. The van der Waals surface area contributed by atoms with Gasteiger partial charge in [0.25, 0.3) is 5.69 Å². The summed E-state index contributed by atoms with van der Waals surface area (Å²) in [7, 11) is 1.43. The summed E-state index contributed by atoms with van der Waals surface area (Å²) in [4.78, 5) is 71.5. The molecule has 51 heavy (non-hydrogen) atoms. The molecule has 4 aromatic rings. The summed E-state index contributed by atoms with van der Waals surface area (Å²) in [6.45, 7) is 0. The van der Waals surface area contributed by atoms with Crippen LogP contribution in [-0.4, -0.2) is 40.8 Å². The molecule has 0 spiro atoms. The molecule has 8 rings (SSSR count). The summed E-state index contributed by atoms with van der Waals surface area (Å²) in [5.41, 5.74) is 0.711. The van der Waals surface area contributed by atoms with Crippen molar-refractivity contribution < 1.29 is 33.9 Å². The third-order valence-electron chi connectivity index (χ3n) is 11.0. The monoisotopic (exact) mass is 703 g/mol. The molecule has 0 bridgehead atoms. The van der Waals surface area contributed by atoms with E-state index in [0.29, 0.717) is 21.8 Å². The number of nitrogens with zero attached hydrogens (tertiary/aromatic N) is 3. The number of hydrogen-bond donors (Lipinski definition) is 1. The lowest BCUT2D eigenvalue weighted by molar-refractivity contribution is -0.384. The van der Waals surface area contributed by atoms with Crippen LogP contribution in [0.15, 0.2) is 109 Å². The number of phenolic OH excluding ortho intramolecular Hbond substituents is 1. The molecule has 6 atom stereocenters. The molecule has 1 saturated carbocycles. The molecular weight excluding hydrogens is 674 g/mol. The molecule has 4 amide bonds. The van der Waals surface area contributed by atoms with Crippen molar-refractivity contribution in [3.63, 3.8) is 0 Å². The van der Waals surface area contributed by atoms with Crippen molar-refractivity contribution >= 4 is 52.3 Å². The van der Waals surface area contributed by atoms with Crippen LogP contribution in [0.3, 0.4) is 0 Å². The Kier molecular flexibility index (Phi) is 7.57. The second-order valence-corrected chi connectivity index (χ2v) is 13.7. The van der Waals surface area contributed by atoms with Crippen molar-refractivity contribution in [2.24, 2.45) is 23.7 Å². The van der Waals surface area contributed by atoms with Gasteiger partial charge < -0.3 is 9.84 Å². The molecule has 4 aromatic carbocycles. The van der Waals surface area contributed by atoms with Crippen LogP contribution in [0.2, 0.25) is 5.02 Å². The average Bonchev–Trinajstić information content (AvgIpc) is 3.52. The number of nitro benzene ring substituents is 1. The maximum atomic E-state index is 15.3. The van der Waals surface area contributed by atoms with Crippen LogP contribution >= 0.6 is 11.6 Å². The van der Waals surface area contributed by atoms with Crippen molar-refractivity contribution in [2.45, 2.75) is 24.2 Å². The van der Waals surface area contributed by atoms with Crippen molar-refractivity contribution in [3.8, 4) is 11.5 Å². The van der Waals surface area contributed by atoms with Gasteiger partial charge in [0, 0.05) is 23.1 Å². The van der Waals surface area contributed by atoms with E-state index in [-0.39, 0.29) is 35.7 Å². The van der Waals surface area contributed by atoms with E-state index in [1.807, 2.05) is 36.4 Å². The Hall–Kier alpha value is -5.81. The van der Waals surface area contributed by atoms with Gasteiger partial charge in [0.05, 0.1) is 46.6 Å². The van der Waals surface area contributed by atoms with Gasteiger partial charge in [-0.3, -0.25) is 34.2 Å². The van der Waals surface area contributed by atoms with Crippen LogP contribution in [0.25, 0.3) is 0 Å². The highest BCUT2D eigenvalue weighted by Crippen LogP contribution is 2.64. The van der Waals surface area contributed by atoms with E-state index in [2.05, 4.69) is 0 Å². The predicted octanol–water partition coefficient (Wildman–Crippen LogP) is 6.33. The van der Waals surface area contributed by atoms with Crippen LogP contribution in [-0.2, 0) is 24.6 Å². The Morgan fingerprint density at radius 2 is 1.59 bits per heavy atom. The zero-order valence-corrected chi connectivity index (χ0v) is 27.9. The summed E-state index contributed by atoms with van der Waals surface area (Å²) in [5.74, 6) is -5.81. The average molecular weight is 704 g/mol. The lowest BCUT2D eigenvalue weighted by Gasteiger charge is -2.50. The summed E-state index contributed by atoms with van der Waals surface area (Å²) >= 11 is 6.37. The van der Waals surface area contributed by atoms with Crippen LogP contribution in [0.1, 0.15) is 29.9 Å². The highest BCUT2D eigenvalue weighted by atomic mass is 35.5. The second-order valence-electron chi connectivity index (χ2n) is 13.3. The van der Waals surface area contributed by atoms with Gasteiger partial charge in [0.15, 0.2) is 11.5 Å². The Bertz CT molecular complexity index is 2190. The number of fused-ring (bicyclic) bond motifs is 4. The number of allylic oxidation sites excluding steroid dienone is 2. The summed E-state index contributed by atoms with van der Waals surface area (Å²) < 4.78 is 5.34. The van der Waals surface area contributed by atoms with Crippen molar-refractivity contribution in [1.82, 2.24) is 0 Å². The third kappa shape index (κ3) is 4.64. The minimum absolute atomic E-state index is 0.0926. The minimum Gasteiger partial charge on any atom is -0.504 e. The van der Waals surface area contributed by atoms with E-state index >= 15 is 4.79 Å². The number of ether oxygens (including phenoxy) is 1. The maximum Gasteiger partial charge on any atom is 0.269 e. The van der Waals surface area contributed by atoms with E-state index in [1.54, 1.807) is 36.4 Å². The summed E-state index contributed by atoms with van der Waals surface area (Å²) in [6, 6.07) is 25.8. The Morgan fingerprint density at radius 3 is 2.25 bits per heavy atom. The number of aromatic hydroxyl groups is 1. The molecule has 2 aliphatic heterocycles. The van der Waals surface area contributed by atoms with Crippen molar-refractivity contribution in [3.05, 3.63) is 135 Å². The van der Waals surface area contributed by atoms with Gasteiger partial charge in [-0.1, -0.05) is 65.7 Å².